The van der Waals surface area contributed by atoms with Crippen LogP contribution in [0.4, 0.5) is 5.69 Å². The fourth-order valence-corrected chi connectivity index (χ4v) is 10.3. The Morgan fingerprint density at radius 3 is 2.37 bits per heavy atom. The van der Waals surface area contributed by atoms with Crippen LogP contribution in [-0.2, 0) is 5.41 Å². The van der Waals surface area contributed by atoms with E-state index in [4.69, 9.17) is 0 Å². The number of fused-ring (bicyclic) bond motifs is 9. The van der Waals surface area contributed by atoms with E-state index in [9.17, 15) is 0 Å². The number of anilines is 1. The summed E-state index contributed by atoms with van der Waals surface area (Å²) in [5.41, 5.74) is 13.7. The summed E-state index contributed by atoms with van der Waals surface area (Å²) >= 11 is 0. The van der Waals surface area contributed by atoms with Gasteiger partial charge in [-0.25, -0.2) is 0 Å². The molecule has 0 saturated heterocycles. The van der Waals surface area contributed by atoms with Crippen molar-refractivity contribution in [2.45, 2.75) is 45.7 Å². The molecule has 1 aromatic heterocycles. The Kier molecular flexibility index (Phi) is 6.73. The van der Waals surface area contributed by atoms with Crippen LogP contribution >= 0.6 is 0 Å². The Morgan fingerprint density at radius 2 is 1.49 bits per heavy atom. The number of nitrogens with one attached hydrogen (secondary N) is 1. The molecule has 3 nitrogen and oxygen atoms in total. The number of para-hydroxylation sites is 2. The van der Waals surface area contributed by atoms with Gasteiger partial charge in [0.1, 0.15) is 6.17 Å². The number of hydrogen-bond donors (Lipinski definition) is 1. The second-order valence-electron chi connectivity index (χ2n) is 16.2. The van der Waals surface area contributed by atoms with E-state index in [1.165, 1.54) is 66.7 Å². The first-order valence-corrected chi connectivity index (χ1v) is 18.7. The zero-order valence-corrected chi connectivity index (χ0v) is 30.0. The van der Waals surface area contributed by atoms with E-state index in [1.807, 2.05) is 0 Å². The average Bonchev–Trinajstić information content (AvgIpc) is 3.58. The van der Waals surface area contributed by atoms with Crippen molar-refractivity contribution in [3.63, 3.8) is 0 Å². The normalized spacial score (nSPS) is 25.3. The van der Waals surface area contributed by atoms with Crippen LogP contribution in [0.15, 0.2) is 163 Å². The highest BCUT2D eigenvalue weighted by molar-refractivity contribution is 6.10. The van der Waals surface area contributed by atoms with E-state index >= 15 is 0 Å². The lowest BCUT2D eigenvalue weighted by atomic mass is 9.73. The maximum Gasteiger partial charge on any atom is 0.104 e. The molecule has 1 saturated carbocycles. The third-order valence-electron chi connectivity index (χ3n) is 12.9. The highest BCUT2D eigenvalue weighted by atomic mass is 15.3. The second kappa shape index (κ2) is 11.2. The summed E-state index contributed by atoms with van der Waals surface area (Å²) in [6.45, 7) is 10.6. The molecule has 0 spiro atoms. The van der Waals surface area contributed by atoms with Crippen LogP contribution in [0.25, 0.3) is 33.1 Å². The van der Waals surface area contributed by atoms with Gasteiger partial charge in [-0.2, -0.15) is 0 Å². The Morgan fingerprint density at radius 1 is 0.725 bits per heavy atom. The molecule has 0 radical (unpaired) electrons. The topological polar surface area (TPSA) is 20.2 Å². The Balaban J connectivity index is 1.16. The summed E-state index contributed by atoms with van der Waals surface area (Å²) in [7, 11) is 0. The molecule has 4 atom stereocenters. The van der Waals surface area contributed by atoms with Crippen molar-refractivity contribution >= 4 is 33.1 Å². The fourth-order valence-electron chi connectivity index (χ4n) is 10.3. The van der Waals surface area contributed by atoms with Crippen LogP contribution in [0.3, 0.4) is 0 Å². The highest BCUT2D eigenvalue weighted by Crippen LogP contribution is 2.57. The molecular formula is C48H45N3. The second-order valence-corrected chi connectivity index (χ2v) is 16.2. The first kappa shape index (κ1) is 30.7. The van der Waals surface area contributed by atoms with Crippen molar-refractivity contribution in [3.8, 4) is 5.69 Å². The van der Waals surface area contributed by atoms with E-state index in [2.05, 4.69) is 188 Å². The molecule has 3 heteroatoms. The monoisotopic (exact) mass is 663 g/mol. The summed E-state index contributed by atoms with van der Waals surface area (Å²) in [4.78, 5) is 2.63. The van der Waals surface area contributed by atoms with Gasteiger partial charge < -0.3 is 9.47 Å². The third-order valence-corrected chi connectivity index (χ3v) is 12.9. The molecule has 51 heavy (non-hydrogen) atoms. The number of nitrogens with zero attached hydrogens (tertiary/aromatic N) is 2. The van der Waals surface area contributed by atoms with Gasteiger partial charge in [0.2, 0.25) is 0 Å². The van der Waals surface area contributed by atoms with E-state index < -0.39 is 0 Å². The van der Waals surface area contributed by atoms with E-state index in [-0.39, 0.29) is 17.0 Å². The highest BCUT2D eigenvalue weighted by Gasteiger charge is 2.48. The smallest absolute Gasteiger partial charge is 0.104 e. The van der Waals surface area contributed by atoms with Gasteiger partial charge in [-0.1, -0.05) is 125 Å². The van der Waals surface area contributed by atoms with Crippen LogP contribution in [0, 0.1) is 23.2 Å². The van der Waals surface area contributed by atoms with E-state index in [1.54, 1.807) is 0 Å². The van der Waals surface area contributed by atoms with Gasteiger partial charge in [-0.3, -0.25) is 5.32 Å². The summed E-state index contributed by atoms with van der Waals surface area (Å²) in [5, 5.41) is 6.57. The van der Waals surface area contributed by atoms with Crippen molar-refractivity contribution in [1.82, 2.24) is 9.88 Å². The largest absolute Gasteiger partial charge is 0.326 e. The van der Waals surface area contributed by atoms with Crippen molar-refractivity contribution < 1.29 is 0 Å². The van der Waals surface area contributed by atoms with Gasteiger partial charge in [-0.05, 0) is 105 Å². The van der Waals surface area contributed by atoms with Gasteiger partial charge in [0.25, 0.3) is 0 Å². The van der Waals surface area contributed by atoms with E-state index in [0.717, 1.165) is 13.0 Å². The quantitative estimate of drug-likeness (QED) is 0.206. The minimum Gasteiger partial charge on any atom is -0.326 e. The Hall–Kier alpha value is -5.12. The van der Waals surface area contributed by atoms with Crippen LogP contribution in [0.1, 0.15) is 45.2 Å². The molecule has 1 fully saturated rings. The van der Waals surface area contributed by atoms with Crippen molar-refractivity contribution in [1.29, 1.82) is 0 Å². The van der Waals surface area contributed by atoms with Gasteiger partial charge in [-0.15, -0.1) is 0 Å². The zero-order chi connectivity index (χ0) is 34.5. The molecule has 252 valence electrons. The number of aromatic nitrogens is 1. The minimum atomic E-state index is -0.00542. The van der Waals surface area contributed by atoms with E-state index in [0.29, 0.717) is 17.8 Å². The number of benzene rings is 4. The van der Waals surface area contributed by atoms with Gasteiger partial charge in [0.15, 0.2) is 0 Å². The van der Waals surface area contributed by atoms with Crippen LogP contribution in [0.5, 0.6) is 0 Å². The molecule has 5 aliphatic rings. The SMILES string of the molecule is CC1(C)C2=CC(N(C3=CC=C4c5ccccc5C(C)(C)C4C3)c3ccc4c(c3)c3ccccc3n4-c3ccccc3)NCC=C2C2C=CC=CC21. The van der Waals surface area contributed by atoms with Gasteiger partial charge in [0, 0.05) is 40.3 Å². The maximum atomic E-state index is 4.02. The van der Waals surface area contributed by atoms with Crippen LogP contribution in [-0.4, -0.2) is 17.3 Å². The lowest BCUT2D eigenvalue weighted by Gasteiger charge is -2.40. The van der Waals surface area contributed by atoms with Gasteiger partial charge in [0.05, 0.1) is 11.0 Å². The molecule has 1 aliphatic heterocycles. The summed E-state index contributed by atoms with van der Waals surface area (Å²) in [6.07, 6.45) is 20.2. The third kappa shape index (κ3) is 4.47. The summed E-state index contributed by atoms with van der Waals surface area (Å²) < 4.78 is 2.41. The molecule has 4 aliphatic carbocycles. The lowest BCUT2D eigenvalue weighted by Crippen LogP contribution is -2.45. The summed E-state index contributed by atoms with van der Waals surface area (Å²) in [5.74, 6) is 1.32. The van der Waals surface area contributed by atoms with Crippen LogP contribution < -0.4 is 10.2 Å². The minimum absolute atomic E-state index is 0.00542. The predicted molar refractivity (Wildman–Crippen MR) is 214 cm³/mol. The molecule has 1 N–H and O–H groups in total. The standard InChI is InChI=1S/C48H45N3/c1-47(2)40-19-11-8-16-34(40)36-24-22-33(29-42(36)47)50(46-30-43-37(26-27-49-46)35-17-9-12-20-41(35)48(43,3)4)32-23-25-45-39(28-32)38-18-10-13-21-44(38)51(45)31-14-6-5-7-15-31/h5-26,28,30,35,41-42,46,49H,27,29H2,1-4H3. The lowest BCUT2D eigenvalue weighted by molar-refractivity contribution is 0.331. The number of rotatable bonds is 4. The molecule has 4 unspecified atom stereocenters. The molecule has 0 bridgehead atoms. The predicted octanol–water partition coefficient (Wildman–Crippen LogP) is 11.0. The molecule has 2 heterocycles. The number of allylic oxidation sites excluding steroid dienone is 10. The van der Waals surface area contributed by atoms with Gasteiger partial charge >= 0.3 is 0 Å². The van der Waals surface area contributed by atoms with Crippen LogP contribution in [0.2, 0.25) is 0 Å². The summed E-state index contributed by atoms with van der Waals surface area (Å²) in [6, 6.07) is 35.9. The average molecular weight is 664 g/mol. The van der Waals surface area contributed by atoms with Crippen molar-refractivity contribution in [2.24, 2.45) is 23.2 Å². The Bertz CT molecular complexity index is 2420. The van der Waals surface area contributed by atoms with Crippen molar-refractivity contribution in [3.05, 3.63) is 174 Å². The fraction of sp³-hybridized carbons (Fsp3) is 0.250. The molecular weight excluding hydrogens is 619 g/mol. The molecule has 5 aromatic rings. The zero-order valence-electron chi connectivity index (χ0n) is 30.0. The van der Waals surface area contributed by atoms with Crippen molar-refractivity contribution in [2.75, 3.05) is 11.4 Å². The maximum absolute atomic E-state index is 4.02. The Labute approximate surface area is 301 Å². The molecule has 0 amide bonds. The molecule has 10 rings (SSSR count). The first-order chi connectivity index (χ1) is 24.8. The number of hydrogen-bond acceptors (Lipinski definition) is 2. The first-order valence-electron chi connectivity index (χ1n) is 18.7. The molecule has 4 aromatic carbocycles.